The second-order valence-corrected chi connectivity index (χ2v) is 8.72. The lowest BCUT2D eigenvalue weighted by atomic mass is 10.0. The Morgan fingerprint density at radius 3 is 2.81 bits per heavy atom. The lowest BCUT2D eigenvalue weighted by Gasteiger charge is -2.39. The smallest absolute Gasteiger partial charge is 0.274 e. The summed E-state index contributed by atoms with van der Waals surface area (Å²) in [6.07, 6.45) is 3.91. The zero-order chi connectivity index (χ0) is 22.1. The number of aromatic hydroxyl groups is 1. The third-order valence-corrected chi connectivity index (χ3v) is 6.93. The summed E-state index contributed by atoms with van der Waals surface area (Å²) < 4.78 is 28.5. The van der Waals surface area contributed by atoms with Gasteiger partial charge in [-0.05, 0) is 38.2 Å². The lowest BCUT2D eigenvalue weighted by molar-refractivity contribution is 0.0571. The molecule has 1 saturated heterocycles. The Labute approximate surface area is 176 Å². The van der Waals surface area contributed by atoms with Crippen LogP contribution >= 0.6 is 0 Å². The van der Waals surface area contributed by atoms with Gasteiger partial charge >= 0.3 is 0 Å². The van der Waals surface area contributed by atoms with Crippen LogP contribution in [0.1, 0.15) is 52.6 Å². The van der Waals surface area contributed by atoms with Crippen molar-refractivity contribution in [3.05, 3.63) is 63.1 Å². The summed E-state index contributed by atoms with van der Waals surface area (Å²) in [4.78, 5) is 40.2. The number of benzene rings is 1. The van der Waals surface area contributed by atoms with Crippen LogP contribution in [0.25, 0.3) is 0 Å². The minimum Gasteiger partial charge on any atom is -0.503 e. The minimum atomic E-state index is -0.947. The zero-order valence-electron chi connectivity index (χ0n) is 16.8. The fraction of sp³-hybridized carbons (Fsp3) is 0.409. The van der Waals surface area contributed by atoms with Crippen LogP contribution < -0.4 is 10.7 Å². The van der Waals surface area contributed by atoms with Crippen LogP contribution in [0.4, 0.5) is 8.78 Å². The maximum absolute atomic E-state index is 13.8. The van der Waals surface area contributed by atoms with Crippen molar-refractivity contribution in [2.24, 2.45) is 5.92 Å². The van der Waals surface area contributed by atoms with Crippen molar-refractivity contribution in [1.29, 1.82) is 0 Å². The Kier molecular flexibility index (Phi) is 4.22. The number of rotatable bonds is 3. The molecule has 1 spiro atoms. The molecule has 31 heavy (non-hydrogen) atoms. The first kappa shape index (κ1) is 19.7. The number of pyridine rings is 1. The van der Waals surface area contributed by atoms with Crippen LogP contribution in [0.5, 0.6) is 5.75 Å². The number of aromatic nitrogens is 1. The second-order valence-electron chi connectivity index (χ2n) is 8.72. The first-order chi connectivity index (χ1) is 14.7. The maximum atomic E-state index is 13.8. The van der Waals surface area contributed by atoms with Crippen LogP contribution in [-0.2, 0) is 12.1 Å². The predicted octanol–water partition coefficient (Wildman–Crippen LogP) is 2.12. The summed E-state index contributed by atoms with van der Waals surface area (Å²) in [5.74, 6) is -3.21. The SMILES string of the molecule is C[C@@H]1CC[C@H]2C[C@@]23CN1C(=O)c1c(O)c(=O)c(C(=O)NCc2ccc(F)cc2F)cn13. The molecule has 2 amide bonds. The molecule has 3 heterocycles. The first-order valence-electron chi connectivity index (χ1n) is 10.2. The molecule has 7 nitrogen and oxygen atoms in total. The molecule has 9 heteroatoms. The molecule has 3 atom stereocenters. The van der Waals surface area contributed by atoms with Crippen molar-refractivity contribution >= 4 is 11.8 Å². The molecular weight excluding hydrogens is 408 g/mol. The predicted molar refractivity (Wildman–Crippen MR) is 106 cm³/mol. The summed E-state index contributed by atoms with van der Waals surface area (Å²) >= 11 is 0. The van der Waals surface area contributed by atoms with E-state index in [0.29, 0.717) is 18.5 Å². The molecule has 3 aliphatic rings. The van der Waals surface area contributed by atoms with E-state index in [-0.39, 0.29) is 29.4 Å². The number of amides is 2. The summed E-state index contributed by atoms with van der Waals surface area (Å²) in [5.41, 5.74) is -1.70. The molecule has 2 aromatic rings. The molecule has 1 aromatic heterocycles. The van der Waals surface area contributed by atoms with Crippen molar-refractivity contribution in [3.8, 4) is 5.75 Å². The lowest BCUT2D eigenvalue weighted by Crippen LogP contribution is -2.51. The van der Waals surface area contributed by atoms with Crippen LogP contribution in [0, 0.1) is 17.6 Å². The van der Waals surface area contributed by atoms with Gasteiger partial charge in [-0.25, -0.2) is 8.78 Å². The third kappa shape index (κ3) is 2.86. The van der Waals surface area contributed by atoms with Crippen LogP contribution in [0.3, 0.4) is 0 Å². The Bertz CT molecular complexity index is 1190. The molecule has 0 unspecified atom stereocenters. The topological polar surface area (TPSA) is 91.6 Å². The van der Waals surface area contributed by atoms with E-state index >= 15 is 0 Å². The quantitative estimate of drug-likeness (QED) is 0.782. The van der Waals surface area contributed by atoms with Gasteiger partial charge in [-0.15, -0.1) is 0 Å². The van der Waals surface area contributed by atoms with Crippen LogP contribution in [0.15, 0.2) is 29.2 Å². The molecular formula is C22H21F2N3O4. The summed E-state index contributed by atoms with van der Waals surface area (Å²) in [6, 6.07) is 2.99. The Balaban J connectivity index is 1.51. The van der Waals surface area contributed by atoms with E-state index in [1.807, 2.05) is 6.92 Å². The molecule has 0 radical (unpaired) electrons. The van der Waals surface area contributed by atoms with E-state index in [9.17, 15) is 28.3 Å². The minimum absolute atomic E-state index is 0.00834. The molecule has 1 aliphatic carbocycles. The van der Waals surface area contributed by atoms with E-state index in [1.165, 1.54) is 12.3 Å². The van der Waals surface area contributed by atoms with Gasteiger partial charge in [-0.1, -0.05) is 6.07 Å². The number of hydrogen-bond acceptors (Lipinski definition) is 4. The summed E-state index contributed by atoms with van der Waals surface area (Å²) in [6.45, 7) is 2.18. The third-order valence-electron chi connectivity index (χ3n) is 6.93. The van der Waals surface area contributed by atoms with E-state index in [1.54, 1.807) is 9.47 Å². The fourth-order valence-corrected chi connectivity index (χ4v) is 5.01. The summed E-state index contributed by atoms with van der Waals surface area (Å²) in [5, 5.41) is 13.0. The Morgan fingerprint density at radius 2 is 2.06 bits per heavy atom. The summed E-state index contributed by atoms with van der Waals surface area (Å²) in [7, 11) is 0. The highest BCUT2D eigenvalue weighted by atomic mass is 19.1. The van der Waals surface area contributed by atoms with Gasteiger partial charge in [0.15, 0.2) is 11.4 Å². The number of carbonyl (C=O) groups excluding carboxylic acids is 2. The zero-order valence-corrected chi connectivity index (χ0v) is 16.8. The van der Waals surface area contributed by atoms with Gasteiger partial charge in [0, 0.05) is 37.0 Å². The fourth-order valence-electron chi connectivity index (χ4n) is 5.01. The molecule has 2 fully saturated rings. The number of halogens is 2. The average molecular weight is 429 g/mol. The average Bonchev–Trinajstić information content (AvgIpc) is 3.44. The van der Waals surface area contributed by atoms with Crippen molar-refractivity contribution in [2.75, 3.05) is 6.54 Å². The monoisotopic (exact) mass is 429 g/mol. The molecule has 1 saturated carbocycles. The normalized spacial score (nSPS) is 26.0. The van der Waals surface area contributed by atoms with E-state index < -0.39 is 40.2 Å². The number of fused-ring (bicyclic) bond motifs is 2. The Hall–Kier alpha value is -3.23. The van der Waals surface area contributed by atoms with Crippen molar-refractivity contribution < 1.29 is 23.5 Å². The highest BCUT2D eigenvalue weighted by molar-refractivity contribution is 5.99. The largest absolute Gasteiger partial charge is 0.503 e. The number of nitrogens with one attached hydrogen (secondary N) is 1. The molecule has 2 aliphatic heterocycles. The highest BCUT2D eigenvalue weighted by Gasteiger charge is 2.62. The van der Waals surface area contributed by atoms with Gasteiger partial charge in [0.2, 0.25) is 5.43 Å². The standard InChI is InChI=1S/C22H21F2N3O4/c1-11-2-4-13-7-22(13)10-26(11)21(31)17-19(29)18(28)15(9-27(17)22)20(30)25-8-12-3-5-14(23)6-16(12)24/h3,5-6,9,11,13,29H,2,4,7-8,10H2,1H3,(H,25,30)/t11-,13+,22-/m1/s1. The molecule has 2 bridgehead atoms. The van der Waals surface area contributed by atoms with Gasteiger partial charge in [0.1, 0.15) is 17.2 Å². The highest BCUT2D eigenvalue weighted by Crippen LogP contribution is 2.58. The van der Waals surface area contributed by atoms with Crippen molar-refractivity contribution in [1.82, 2.24) is 14.8 Å². The van der Waals surface area contributed by atoms with Gasteiger partial charge in [0.25, 0.3) is 11.8 Å². The number of carbonyl (C=O) groups is 2. The van der Waals surface area contributed by atoms with E-state index in [0.717, 1.165) is 25.3 Å². The van der Waals surface area contributed by atoms with Crippen molar-refractivity contribution in [2.45, 2.75) is 44.3 Å². The maximum Gasteiger partial charge on any atom is 0.274 e. The van der Waals surface area contributed by atoms with Crippen LogP contribution in [0.2, 0.25) is 0 Å². The molecule has 162 valence electrons. The molecule has 5 rings (SSSR count). The molecule has 1 aromatic carbocycles. The van der Waals surface area contributed by atoms with Crippen molar-refractivity contribution in [3.63, 3.8) is 0 Å². The van der Waals surface area contributed by atoms with Gasteiger partial charge in [-0.3, -0.25) is 14.4 Å². The molecule has 2 N–H and O–H groups in total. The van der Waals surface area contributed by atoms with Gasteiger partial charge in [-0.2, -0.15) is 0 Å². The van der Waals surface area contributed by atoms with E-state index in [2.05, 4.69) is 5.32 Å². The Morgan fingerprint density at radius 1 is 1.29 bits per heavy atom. The number of nitrogens with zero attached hydrogens (tertiary/aromatic N) is 2. The first-order valence-corrected chi connectivity index (χ1v) is 10.2. The van der Waals surface area contributed by atoms with Crippen LogP contribution in [-0.4, -0.2) is 39.0 Å². The van der Waals surface area contributed by atoms with Gasteiger partial charge < -0.3 is 19.9 Å². The second kappa shape index (κ2) is 6.63. The van der Waals surface area contributed by atoms with Gasteiger partial charge in [0.05, 0.1) is 5.54 Å². The number of hydrogen-bond donors (Lipinski definition) is 2. The van der Waals surface area contributed by atoms with E-state index in [4.69, 9.17) is 0 Å².